The van der Waals surface area contributed by atoms with Crippen LogP contribution in [0.15, 0.2) is 87.5 Å². The third-order valence-electron chi connectivity index (χ3n) is 5.59. The topological polar surface area (TPSA) is 109 Å². The van der Waals surface area contributed by atoms with Crippen LogP contribution in [-0.4, -0.2) is 35.8 Å². The Morgan fingerprint density at radius 2 is 1.37 bits per heavy atom. The number of sulfonamides is 1. The van der Waals surface area contributed by atoms with Gasteiger partial charge >= 0.3 is 6.18 Å². The summed E-state index contributed by atoms with van der Waals surface area (Å²) >= 11 is 0. The van der Waals surface area contributed by atoms with Crippen LogP contribution in [0.3, 0.4) is 0 Å². The Morgan fingerprint density at radius 3 is 1.97 bits per heavy atom. The highest BCUT2D eigenvalue weighted by atomic mass is 32.2. The molecule has 0 aliphatic rings. The second-order valence-corrected chi connectivity index (χ2v) is 13.1. The van der Waals surface area contributed by atoms with Crippen molar-refractivity contribution in [3.8, 4) is 0 Å². The molecule has 2 N–H and O–H groups in total. The van der Waals surface area contributed by atoms with Crippen molar-refractivity contribution in [2.45, 2.75) is 47.0 Å². The number of amides is 1. The van der Waals surface area contributed by atoms with E-state index in [-0.39, 0.29) is 16.9 Å². The van der Waals surface area contributed by atoms with Gasteiger partial charge in [0.25, 0.3) is 5.91 Å². The fraction of sp³-hybridized carbons (Fsp3) is 0.269. The van der Waals surface area contributed by atoms with E-state index in [1.165, 1.54) is 24.3 Å². The van der Waals surface area contributed by atoms with E-state index < -0.39 is 53.8 Å². The van der Waals surface area contributed by atoms with Crippen molar-refractivity contribution >= 4 is 25.8 Å². The summed E-state index contributed by atoms with van der Waals surface area (Å²) in [5, 5.41) is 2.55. The lowest BCUT2D eigenvalue weighted by molar-refractivity contribution is -0.139. The van der Waals surface area contributed by atoms with Crippen LogP contribution in [-0.2, 0) is 31.5 Å². The summed E-state index contributed by atoms with van der Waals surface area (Å²) in [7, 11) is -9.10. The van der Waals surface area contributed by atoms with Crippen LogP contribution in [0.4, 0.5) is 13.2 Å². The Hall–Kier alpha value is -3.22. The van der Waals surface area contributed by atoms with Crippen LogP contribution in [0.2, 0.25) is 0 Å². The molecule has 0 bridgehead atoms. The van der Waals surface area contributed by atoms with Gasteiger partial charge in [-0.3, -0.25) is 4.79 Å². The van der Waals surface area contributed by atoms with E-state index in [1.54, 1.807) is 30.3 Å². The molecule has 12 heteroatoms. The molecule has 38 heavy (non-hydrogen) atoms. The normalized spacial score (nSPS) is 12.8. The fourth-order valence-corrected chi connectivity index (χ4v) is 6.40. The zero-order valence-corrected chi connectivity index (χ0v) is 22.5. The predicted octanol–water partition coefficient (Wildman–Crippen LogP) is 4.54. The summed E-state index contributed by atoms with van der Waals surface area (Å²) in [5.41, 5.74) is -0.695. The summed E-state index contributed by atoms with van der Waals surface area (Å²) in [5.74, 6) is -0.471. The monoisotopic (exact) mass is 568 g/mol. The van der Waals surface area contributed by atoms with E-state index in [4.69, 9.17) is 0 Å². The predicted molar refractivity (Wildman–Crippen MR) is 136 cm³/mol. The Kier molecular flexibility index (Phi) is 8.39. The Balaban J connectivity index is 1.83. The van der Waals surface area contributed by atoms with Crippen molar-refractivity contribution in [3.63, 3.8) is 0 Å². The molecule has 3 rings (SSSR count). The molecule has 0 unspecified atom stereocenters. The number of carbonyl (C=O) groups is 1. The van der Waals surface area contributed by atoms with Crippen LogP contribution in [0.1, 0.15) is 42.3 Å². The lowest BCUT2D eigenvalue weighted by atomic mass is 9.83. The molecule has 204 valence electrons. The first-order valence-corrected chi connectivity index (χ1v) is 14.4. The maximum atomic E-state index is 13.6. The second-order valence-electron chi connectivity index (χ2n) is 9.42. The highest BCUT2D eigenvalue weighted by Gasteiger charge is 2.38. The number of alkyl halides is 3. The first-order chi connectivity index (χ1) is 17.5. The Labute approximate surface area is 220 Å². The van der Waals surface area contributed by atoms with Crippen LogP contribution >= 0.6 is 0 Å². The molecule has 7 nitrogen and oxygen atoms in total. The molecule has 3 aromatic carbocycles. The molecular weight excluding hydrogens is 541 g/mol. The summed E-state index contributed by atoms with van der Waals surface area (Å²) < 4.78 is 94.6. The number of hydrogen-bond donors (Lipinski definition) is 2. The summed E-state index contributed by atoms with van der Waals surface area (Å²) in [6.45, 7) is 5.13. The SMILES string of the molecule is CC(C)(C)c1ccccc1C(=O)NCCNS(=O)(=O)c1cc(S(=O)(=O)c2ccccc2)ccc1C(F)(F)F. The molecule has 0 aliphatic heterocycles. The quantitative estimate of drug-likeness (QED) is 0.388. The molecule has 0 radical (unpaired) electrons. The van der Waals surface area contributed by atoms with Gasteiger partial charge in [0.1, 0.15) is 0 Å². The molecule has 0 saturated carbocycles. The van der Waals surface area contributed by atoms with Crippen molar-refractivity contribution < 1.29 is 34.8 Å². The van der Waals surface area contributed by atoms with E-state index in [2.05, 4.69) is 5.32 Å². The smallest absolute Gasteiger partial charge is 0.351 e. The van der Waals surface area contributed by atoms with Crippen LogP contribution in [0, 0.1) is 0 Å². The summed E-state index contributed by atoms with van der Waals surface area (Å²) in [6.07, 6.45) is -5.07. The fourth-order valence-electron chi connectivity index (χ4n) is 3.73. The van der Waals surface area contributed by atoms with E-state index >= 15 is 0 Å². The lowest BCUT2D eigenvalue weighted by Crippen LogP contribution is -2.36. The number of halogens is 3. The summed E-state index contributed by atoms with van der Waals surface area (Å²) in [6, 6.07) is 15.5. The van der Waals surface area contributed by atoms with E-state index in [0.29, 0.717) is 17.7 Å². The molecular formula is C26H27F3N2O5S2. The first kappa shape index (κ1) is 29.3. The lowest BCUT2D eigenvalue weighted by Gasteiger charge is -2.22. The minimum absolute atomic E-state index is 0.200. The number of hydrogen-bond acceptors (Lipinski definition) is 5. The Morgan fingerprint density at radius 1 is 0.763 bits per heavy atom. The van der Waals surface area contributed by atoms with Gasteiger partial charge < -0.3 is 5.32 Å². The number of nitrogens with one attached hydrogen (secondary N) is 2. The highest BCUT2D eigenvalue weighted by molar-refractivity contribution is 7.91. The third-order valence-corrected chi connectivity index (χ3v) is 8.86. The zero-order valence-electron chi connectivity index (χ0n) is 20.8. The van der Waals surface area contributed by atoms with Gasteiger partial charge in [0.2, 0.25) is 19.9 Å². The van der Waals surface area contributed by atoms with Gasteiger partial charge in [0.15, 0.2) is 0 Å². The van der Waals surface area contributed by atoms with Crippen molar-refractivity contribution in [3.05, 3.63) is 89.5 Å². The van der Waals surface area contributed by atoms with Crippen LogP contribution < -0.4 is 10.0 Å². The van der Waals surface area contributed by atoms with Crippen LogP contribution in [0.25, 0.3) is 0 Å². The van der Waals surface area contributed by atoms with Gasteiger partial charge in [-0.1, -0.05) is 57.2 Å². The van der Waals surface area contributed by atoms with Crippen LogP contribution in [0.5, 0.6) is 0 Å². The van der Waals surface area contributed by atoms with E-state index in [9.17, 15) is 34.8 Å². The maximum absolute atomic E-state index is 13.6. The standard InChI is InChI=1S/C26H27F3N2O5S2/c1-25(2,3)21-12-8-7-11-20(21)24(32)30-15-16-31-38(35,36)23-17-19(13-14-22(23)26(27,28)29)37(33,34)18-9-5-4-6-10-18/h4-14,17,31H,15-16H2,1-3H3,(H,30,32). The molecule has 3 aromatic rings. The molecule has 0 fully saturated rings. The van der Waals surface area contributed by atoms with Gasteiger partial charge in [-0.15, -0.1) is 0 Å². The highest BCUT2D eigenvalue weighted by Crippen LogP contribution is 2.36. The van der Waals surface area contributed by atoms with Gasteiger partial charge in [-0.2, -0.15) is 13.2 Å². The van der Waals surface area contributed by atoms with Crippen molar-refractivity contribution in [1.29, 1.82) is 0 Å². The number of carbonyl (C=O) groups excluding carboxylic acids is 1. The van der Waals surface area contributed by atoms with Crippen molar-refractivity contribution in [1.82, 2.24) is 10.0 Å². The largest absolute Gasteiger partial charge is 0.417 e. The van der Waals surface area contributed by atoms with Crippen molar-refractivity contribution in [2.24, 2.45) is 0 Å². The van der Waals surface area contributed by atoms with Gasteiger partial charge in [0, 0.05) is 18.7 Å². The summed E-state index contributed by atoms with van der Waals surface area (Å²) in [4.78, 5) is 10.6. The van der Waals surface area contributed by atoms with E-state index in [1.807, 2.05) is 25.5 Å². The first-order valence-electron chi connectivity index (χ1n) is 11.4. The number of rotatable bonds is 8. The minimum atomic E-state index is -5.07. The average Bonchev–Trinajstić information content (AvgIpc) is 2.85. The molecule has 0 heterocycles. The van der Waals surface area contributed by atoms with E-state index in [0.717, 1.165) is 11.6 Å². The van der Waals surface area contributed by atoms with Gasteiger partial charge in [-0.25, -0.2) is 21.6 Å². The second kappa shape index (κ2) is 10.9. The van der Waals surface area contributed by atoms with Gasteiger partial charge in [-0.05, 0) is 47.4 Å². The third kappa shape index (κ3) is 6.61. The van der Waals surface area contributed by atoms with Crippen molar-refractivity contribution in [2.75, 3.05) is 13.1 Å². The average molecular weight is 569 g/mol. The molecule has 0 atom stereocenters. The molecule has 1 amide bonds. The minimum Gasteiger partial charge on any atom is -0.351 e. The molecule has 0 saturated heterocycles. The Bertz CT molecular complexity index is 1530. The zero-order chi connectivity index (χ0) is 28.4. The molecule has 0 aliphatic carbocycles. The molecule has 0 spiro atoms. The number of benzene rings is 3. The maximum Gasteiger partial charge on any atom is 0.417 e. The number of sulfone groups is 1. The molecule has 0 aromatic heterocycles. The van der Waals surface area contributed by atoms with Gasteiger partial charge in [0.05, 0.1) is 20.2 Å².